The van der Waals surface area contributed by atoms with Crippen molar-refractivity contribution < 1.29 is 30.0 Å². The Morgan fingerprint density at radius 1 is 0.686 bits per heavy atom. The number of hydrogen-bond donors (Lipinski definition) is 4. The lowest BCUT2D eigenvalue weighted by molar-refractivity contribution is 0.0842. The molecule has 0 radical (unpaired) electrons. The van der Waals surface area contributed by atoms with Gasteiger partial charge >= 0.3 is 0 Å². The van der Waals surface area contributed by atoms with Gasteiger partial charge in [0.2, 0.25) is 0 Å². The van der Waals surface area contributed by atoms with Crippen LogP contribution in [0.4, 0.5) is 0 Å². The van der Waals surface area contributed by atoms with Gasteiger partial charge in [0, 0.05) is 24.0 Å². The molecule has 0 fully saturated rings. The Hall–Kier alpha value is -4.45. The first-order valence-electron chi connectivity index (χ1n) is 11.3. The summed E-state index contributed by atoms with van der Waals surface area (Å²) in [5, 5.41) is 43.1. The first-order valence-corrected chi connectivity index (χ1v) is 11.3. The van der Waals surface area contributed by atoms with E-state index in [9.17, 15) is 25.2 Å². The molecule has 176 valence electrons. The molecule has 1 aliphatic rings. The van der Waals surface area contributed by atoms with Crippen LogP contribution in [-0.4, -0.2) is 26.2 Å². The summed E-state index contributed by atoms with van der Waals surface area (Å²) in [4.78, 5) is 13.3. The maximum Gasteiger partial charge on any atom is 0.174 e. The largest absolute Gasteiger partial charge is 0.508 e. The number of ether oxygens (including phenoxy) is 1. The first-order chi connectivity index (χ1) is 16.9. The average Bonchev–Trinajstić information content (AvgIpc) is 2.86. The second-order valence-electron chi connectivity index (χ2n) is 8.61. The molecule has 1 unspecified atom stereocenters. The number of phenolic OH excluding ortho intramolecular Hbond substituents is 4. The van der Waals surface area contributed by atoms with Crippen molar-refractivity contribution >= 4 is 5.78 Å². The van der Waals surface area contributed by atoms with Crippen molar-refractivity contribution in [2.24, 2.45) is 0 Å². The number of fused-ring (bicyclic) bond motifs is 1. The summed E-state index contributed by atoms with van der Waals surface area (Å²) in [5.41, 5.74) is 2.23. The van der Waals surface area contributed by atoms with E-state index in [0.29, 0.717) is 16.7 Å². The van der Waals surface area contributed by atoms with Crippen LogP contribution in [0.25, 0.3) is 0 Å². The third kappa shape index (κ3) is 4.15. The van der Waals surface area contributed by atoms with Gasteiger partial charge in [-0.3, -0.25) is 4.79 Å². The SMILES string of the molecule is O=C1CC(c2ccccc2)Oc2c(Cc3ccccc3O)c(O)c(Cc3ccccc3O)c(O)c21. The Bertz CT molecular complexity index is 1410. The summed E-state index contributed by atoms with van der Waals surface area (Å²) in [6.07, 6.45) is -0.478. The third-order valence-corrected chi connectivity index (χ3v) is 6.39. The van der Waals surface area contributed by atoms with Crippen LogP contribution in [0.1, 0.15) is 50.7 Å². The lowest BCUT2D eigenvalue weighted by Gasteiger charge is -2.30. The molecule has 4 aromatic rings. The summed E-state index contributed by atoms with van der Waals surface area (Å²) in [7, 11) is 0. The Morgan fingerprint density at radius 3 is 1.83 bits per heavy atom. The van der Waals surface area contributed by atoms with Crippen molar-refractivity contribution in [2.75, 3.05) is 0 Å². The van der Waals surface area contributed by atoms with Crippen molar-refractivity contribution in [3.63, 3.8) is 0 Å². The van der Waals surface area contributed by atoms with E-state index in [1.807, 2.05) is 30.3 Å². The van der Waals surface area contributed by atoms with Crippen LogP contribution in [0.3, 0.4) is 0 Å². The molecule has 1 heterocycles. The molecule has 0 aromatic heterocycles. The number of benzene rings is 4. The fourth-order valence-electron chi connectivity index (χ4n) is 4.54. The zero-order valence-corrected chi connectivity index (χ0v) is 18.8. The highest BCUT2D eigenvalue weighted by atomic mass is 16.5. The van der Waals surface area contributed by atoms with Gasteiger partial charge in [-0.2, -0.15) is 0 Å². The highest BCUT2D eigenvalue weighted by Gasteiger charge is 2.36. The standard InChI is InChI=1S/C29H24O6/c30-22-12-6-4-10-18(22)14-20-27(33)21(15-19-11-5-7-13-23(19)31)29-26(28(20)34)24(32)16-25(35-29)17-8-2-1-3-9-17/h1-13,25,30-31,33-34H,14-16H2. The summed E-state index contributed by atoms with van der Waals surface area (Å²) >= 11 is 0. The Morgan fingerprint density at radius 2 is 1.23 bits per heavy atom. The Kier molecular flexibility index (Phi) is 5.79. The van der Waals surface area contributed by atoms with Gasteiger partial charge in [0.1, 0.15) is 40.4 Å². The molecular formula is C29H24O6. The number of para-hydroxylation sites is 2. The molecule has 1 atom stereocenters. The van der Waals surface area contributed by atoms with Gasteiger partial charge in [0.15, 0.2) is 5.78 Å². The summed E-state index contributed by atoms with van der Waals surface area (Å²) < 4.78 is 6.25. The zero-order chi connectivity index (χ0) is 24.5. The van der Waals surface area contributed by atoms with Crippen molar-refractivity contribution in [1.82, 2.24) is 0 Å². The van der Waals surface area contributed by atoms with Gasteiger partial charge in [-0.15, -0.1) is 0 Å². The van der Waals surface area contributed by atoms with Gasteiger partial charge < -0.3 is 25.2 Å². The molecule has 4 aromatic carbocycles. The number of aromatic hydroxyl groups is 4. The van der Waals surface area contributed by atoms with Gasteiger partial charge in [0.05, 0.1) is 6.42 Å². The van der Waals surface area contributed by atoms with E-state index < -0.39 is 6.10 Å². The van der Waals surface area contributed by atoms with Gasteiger partial charge in [0.25, 0.3) is 0 Å². The van der Waals surface area contributed by atoms with Crippen LogP contribution in [0, 0.1) is 0 Å². The van der Waals surface area contributed by atoms with Crippen molar-refractivity contribution in [3.8, 4) is 28.7 Å². The molecule has 0 spiro atoms. The van der Waals surface area contributed by atoms with Crippen LogP contribution in [-0.2, 0) is 12.8 Å². The molecule has 0 amide bonds. The van der Waals surface area contributed by atoms with E-state index in [2.05, 4.69) is 0 Å². The van der Waals surface area contributed by atoms with Gasteiger partial charge in [-0.1, -0.05) is 66.7 Å². The fraction of sp³-hybridized carbons (Fsp3) is 0.138. The molecule has 0 aliphatic carbocycles. The summed E-state index contributed by atoms with van der Waals surface area (Å²) in [5.74, 6) is -0.757. The molecule has 5 rings (SSSR count). The summed E-state index contributed by atoms with van der Waals surface area (Å²) in [6.45, 7) is 0. The molecule has 4 N–H and O–H groups in total. The van der Waals surface area contributed by atoms with Crippen LogP contribution in [0.2, 0.25) is 0 Å². The van der Waals surface area contributed by atoms with Crippen LogP contribution >= 0.6 is 0 Å². The van der Waals surface area contributed by atoms with E-state index >= 15 is 0 Å². The maximum absolute atomic E-state index is 13.3. The fourth-order valence-corrected chi connectivity index (χ4v) is 4.54. The predicted molar refractivity (Wildman–Crippen MR) is 130 cm³/mol. The normalized spacial score (nSPS) is 14.9. The predicted octanol–water partition coefficient (Wildman–Crippen LogP) is 5.40. The highest BCUT2D eigenvalue weighted by Crippen LogP contribution is 2.49. The summed E-state index contributed by atoms with van der Waals surface area (Å²) in [6, 6.07) is 22.6. The molecule has 6 heteroatoms. The second kappa shape index (κ2) is 9.06. The smallest absolute Gasteiger partial charge is 0.174 e. The number of ketones is 1. The molecule has 0 saturated heterocycles. The Balaban J connectivity index is 1.68. The third-order valence-electron chi connectivity index (χ3n) is 6.39. The van der Waals surface area contributed by atoms with E-state index in [4.69, 9.17) is 4.74 Å². The quantitative estimate of drug-likeness (QED) is 0.313. The van der Waals surface area contributed by atoms with Gasteiger partial charge in [-0.05, 0) is 28.8 Å². The van der Waals surface area contributed by atoms with Gasteiger partial charge in [-0.25, -0.2) is 0 Å². The molecule has 35 heavy (non-hydrogen) atoms. The molecular weight excluding hydrogens is 444 g/mol. The Labute approximate surface area is 202 Å². The topological polar surface area (TPSA) is 107 Å². The van der Waals surface area contributed by atoms with E-state index in [-0.39, 0.29) is 64.9 Å². The minimum Gasteiger partial charge on any atom is -0.508 e. The second-order valence-corrected chi connectivity index (χ2v) is 8.61. The first kappa shape index (κ1) is 22.3. The number of Topliss-reactive ketones (excluding diaryl/α,β-unsaturated/α-hetero) is 1. The maximum atomic E-state index is 13.3. The minimum absolute atomic E-state index is 0.000779. The van der Waals surface area contributed by atoms with Crippen LogP contribution in [0.5, 0.6) is 28.7 Å². The van der Waals surface area contributed by atoms with E-state index in [1.54, 1.807) is 42.5 Å². The molecule has 0 bridgehead atoms. The lowest BCUT2D eigenvalue weighted by atomic mass is 9.87. The lowest BCUT2D eigenvalue weighted by Crippen LogP contribution is -2.22. The highest BCUT2D eigenvalue weighted by molar-refractivity contribution is 6.04. The number of rotatable bonds is 5. The number of carbonyl (C=O) groups excluding carboxylic acids is 1. The van der Waals surface area contributed by atoms with E-state index in [0.717, 1.165) is 5.56 Å². The van der Waals surface area contributed by atoms with Crippen LogP contribution in [0.15, 0.2) is 78.9 Å². The minimum atomic E-state index is -0.581. The molecule has 6 nitrogen and oxygen atoms in total. The molecule has 1 aliphatic heterocycles. The van der Waals surface area contributed by atoms with Crippen molar-refractivity contribution in [3.05, 3.63) is 112 Å². The number of carbonyl (C=O) groups is 1. The van der Waals surface area contributed by atoms with E-state index in [1.165, 1.54) is 6.07 Å². The average molecular weight is 469 g/mol. The van der Waals surface area contributed by atoms with Crippen molar-refractivity contribution in [1.29, 1.82) is 0 Å². The number of phenols is 4. The number of hydrogen-bond acceptors (Lipinski definition) is 6. The van der Waals surface area contributed by atoms with Crippen molar-refractivity contribution in [2.45, 2.75) is 25.4 Å². The zero-order valence-electron chi connectivity index (χ0n) is 18.8. The molecule has 0 saturated carbocycles. The van der Waals surface area contributed by atoms with Crippen LogP contribution < -0.4 is 4.74 Å². The monoisotopic (exact) mass is 468 g/mol.